The highest BCUT2D eigenvalue weighted by molar-refractivity contribution is 5.89. The van der Waals surface area contributed by atoms with Gasteiger partial charge in [-0.05, 0) is 63.7 Å². The molecule has 2 fully saturated rings. The van der Waals surface area contributed by atoms with E-state index in [1.165, 1.54) is 32.4 Å². The van der Waals surface area contributed by atoms with Gasteiger partial charge in [0.05, 0.1) is 6.61 Å². The molecule has 0 aliphatic carbocycles. The molecule has 0 N–H and O–H groups in total. The van der Waals surface area contributed by atoms with Crippen LogP contribution in [-0.4, -0.2) is 41.2 Å². The number of carbonyl (C=O) groups excluding carboxylic acids is 1. The number of rotatable bonds is 2. The van der Waals surface area contributed by atoms with Crippen molar-refractivity contribution in [2.75, 3.05) is 19.7 Å². The van der Waals surface area contributed by atoms with Gasteiger partial charge in [-0.1, -0.05) is 0 Å². The molecule has 3 aliphatic heterocycles. The SMILES string of the molecule is CCOC(=O)c1ccc2n(c1=O)C[C@H]1CCCN3CCC[C@@H]2[C@@H]13. The lowest BCUT2D eigenvalue weighted by atomic mass is 9.72. The molecule has 0 saturated carbocycles. The number of hydrogen-bond donors (Lipinski definition) is 0. The van der Waals surface area contributed by atoms with Crippen LogP contribution in [0.15, 0.2) is 16.9 Å². The zero-order valence-electron chi connectivity index (χ0n) is 13.7. The van der Waals surface area contributed by atoms with Gasteiger partial charge in [-0.15, -0.1) is 0 Å². The number of nitrogens with zero attached hydrogens (tertiary/aromatic N) is 2. The van der Waals surface area contributed by atoms with Gasteiger partial charge in [0.2, 0.25) is 0 Å². The summed E-state index contributed by atoms with van der Waals surface area (Å²) in [7, 11) is 0. The number of esters is 1. The number of ether oxygens (including phenoxy) is 1. The molecule has 0 unspecified atom stereocenters. The van der Waals surface area contributed by atoms with Crippen LogP contribution in [0.4, 0.5) is 0 Å². The summed E-state index contributed by atoms with van der Waals surface area (Å²) in [6.45, 7) is 5.20. The zero-order valence-corrected chi connectivity index (χ0v) is 13.7. The number of aromatic nitrogens is 1. The molecule has 5 nitrogen and oxygen atoms in total. The second-order valence-corrected chi connectivity index (χ2v) is 6.99. The van der Waals surface area contributed by atoms with Crippen LogP contribution in [0.1, 0.15) is 54.6 Å². The van der Waals surface area contributed by atoms with Crippen molar-refractivity contribution in [3.63, 3.8) is 0 Å². The highest BCUT2D eigenvalue weighted by Gasteiger charge is 2.44. The summed E-state index contributed by atoms with van der Waals surface area (Å²) in [5.74, 6) is 0.479. The van der Waals surface area contributed by atoms with E-state index in [1.54, 1.807) is 13.0 Å². The topological polar surface area (TPSA) is 51.5 Å². The molecule has 5 heteroatoms. The van der Waals surface area contributed by atoms with E-state index < -0.39 is 5.97 Å². The van der Waals surface area contributed by atoms with Crippen molar-refractivity contribution in [1.82, 2.24) is 9.47 Å². The summed E-state index contributed by atoms with van der Waals surface area (Å²) in [5.41, 5.74) is 1.13. The Morgan fingerprint density at radius 1 is 1.26 bits per heavy atom. The van der Waals surface area contributed by atoms with Crippen molar-refractivity contribution < 1.29 is 9.53 Å². The average Bonchev–Trinajstić information content (AvgIpc) is 2.56. The second kappa shape index (κ2) is 5.78. The van der Waals surface area contributed by atoms with E-state index in [9.17, 15) is 9.59 Å². The third-order valence-electron chi connectivity index (χ3n) is 5.80. The lowest BCUT2D eigenvalue weighted by Gasteiger charge is -2.52. The Kier molecular flexibility index (Phi) is 3.76. The highest BCUT2D eigenvalue weighted by Crippen LogP contribution is 2.43. The Morgan fingerprint density at radius 2 is 2.04 bits per heavy atom. The Balaban J connectivity index is 1.77. The van der Waals surface area contributed by atoms with Crippen molar-refractivity contribution >= 4 is 5.97 Å². The molecule has 0 bridgehead atoms. The summed E-state index contributed by atoms with van der Waals surface area (Å²) in [4.78, 5) is 27.5. The maximum atomic E-state index is 12.8. The molecule has 0 amide bonds. The predicted octanol–water partition coefficient (Wildman–Crippen LogP) is 2.00. The Hall–Kier alpha value is -1.62. The fourth-order valence-electron chi connectivity index (χ4n) is 4.93. The molecule has 3 atom stereocenters. The van der Waals surface area contributed by atoms with Crippen molar-refractivity contribution in [2.45, 2.75) is 51.1 Å². The van der Waals surface area contributed by atoms with Crippen LogP contribution >= 0.6 is 0 Å². The molecule has 0 aromatic carbocycles. The Labute approximate surface area is 136 Å². The summed E-state index contributed by atoms with van der Waals surface area (Å²) in [5, 5.41) is 0. The van der Waals surface area contributed by atoms with E-state index in [0.717, 1.165) is 18.7 Å². The average molecular weight is 316 g/mol. The number of fused-ring (bicyclic) bond motifs is 2. The van der Waals surface area contributed by atoms with Crippen LogP contribution in [0, 0.1) is 5.92 Å². The summed E-state index contributed by atoms with van der Waals surface area (Å²) < 4.78 is 6.90. The lowest BCUT2D eigenvalue weighted by molar-refractivity contribution is 0.0177. The van der Waals surface area contributed by atoms with E-state index in [1.807, 2.05) is 10.6 Å². The van der Waals surface area contributed by atoms with E-state index in [4.69, 9.17) is 4.74 Å². The van der Waals surface area contributed by atoms with Gasteiger partial charge in [0.25, 0.3) is 5.56 Å². The Bertz CT molecular complexity index is 679. The highest BCUT2D eigenvalue weighted by atomic mass is 16.5. The number of hydrogen-bond acceptors (Lipinski definition) is 4. The molecular weight excluding hydrogens is 292 g/mol. The van der Waals surface area contributed by atoms with Crippen molar-refractivity contribution in [3.8, 4) is 0 Å². The molecule has 124 valence electrons. The first-order valence-electron chi connectivity index (χ1n) is 8.85. The molecule has 0 spiro atoms. The van der Waals surface area contributed by atoms with Gasteiger partial charge in [-0.3, -0.25) is 9.69 Å². The second-order valence-electron chi connectivity index (χ2n) is 6.99. The van der Waals surface area contributed by atoms with Crippen molar-refractivity contribution in [2.24, 2.45) is 5.92 Å². The minimum Gasteiger partial charge on any atom is -0.462 e. The molecule has 1 aromatic heterocycles. The maximum Gasteiger partial charge on any atom is 0.343 e. The summed E-state index contributed by atoms with van der Waals surface area (Å²) in [6.07, 6.45) is 4.75. The van der Waals surface area contributed by atoms with Crippen LogP contribution in [0.3, 0.4) is 0 Å². The first kappa shape index (κ1) is 14.9. The molecule has 2 saturated heterocycles. The predicted molar refractivity (Wildman–Crippen MR) is 86.7 cm³/mol. The molecule has 4 rings (SSSR count). The molecule has 3 aliphatic rings. The number of pyridine rings is 1. The fraction of sp³-hybridized carbons (Fsp3) is 0.667. The van der Waals surface area contributed by atoms with E-state index >= 15 is 0 Å². The van der Waals surface area contributed by atoms with Crippen LogP contribution < -0.4 is 5.56 Å². The fourth-order valence-corrected chi connectivity index (χ4v) is 4.93. The smallest absolute Gasteiger partial charge is 0.343 e. The van der Waals surface area contributed by atoms with Gasteiger partial charge in [0.15, 0.2) is 0 Å². The summed E-state index contributed by atoms with van der Waals surface area (Å²) in [6, 6.07) is 4.26. The van der Waals surface area contributed by atoms with E-state index in [0.29, 0.717) is 24.5 Å². The number of carbonyl (C=O) groups is 1. The minimum absolute atomic E-state index is 0.165. The minimum atomic E-state index is -0.496. The van der Waals surface area contributed by atoms with Gasteiger partial charge >= 0.3 is 5.97 Å². The van der Waals surface area contributed by atoms with E-state index in [-0.39, 0.29) is 11.1 Å². The molecule has 23 heavy (non-hydrogen) atoms. The first-order chi connectivity index (χ1) is 11.2. The molecule has 0 radical (unpaired) electrons. The monoisotopic (exact) mass is 316 g/mol. The van der Waals surface area contributed by atoms with Gasteiger partial charge in [0, 0.05) is 24.2 Å². The normalized spacial score (nSPS) is 29.5. The van der Waals surface area contributed by atoms with Crippen LogP contribution in [0.5, 0.6) is 0 Å². The largest absolute Gasteiger partial charge is 0.462 e. The Morgan fingerprint density at radius 3 is 2.83 bits per heavy atom. The van der Waals surface area contributed by atoms with Crippen molar-refractivity contribution in [1.29, 1.82) is 0 Å². The van der Waals surface area contributed by atoms with Crippen LogP contribution in [-0.2, 0) is 11.3 Å². The molecule has 4 heterocycles. The van der Waals surface area contributed by atoms with Gasteiger partial charge < -0.3 is 9.30 Å². The van der Waals surface area contributed by atoms with Gasteiger partial charge in [-0.2, -0.15) is 0 Å². The van der Waals surface area contributed by atoms with Gasteiger partial charge in [0.1, 0.15) is 5.56 Å². The standard InChI is InChI=1S/C18H24N2O3/c1-2-23-18(22)14-7-8-15-13-6-4-10-19-9-3-5-12(16(13)19)11-20(15)17(14)21/h7-8,12-13,16H,2-6,9-11H2,1H3/t12-,13+,16-/m1/s1. The third-order valence-corrected chi connectivity index (χ3v) is 5.80. The zero-order chi connectivity index (χ0) is 16.0. The first-order valence-corrected chi connectivity index (χ1v) is 8.85. The summed E-state index contributed by atoms with van der Waals surface area (Å²) >= 11 is 0. The third kappa shape index (κ3) is 2.33. The lowest BCUT2D eigenvalue weighted by Crippen LogP contribution is -2.56. The molecular formula is C18H24N2O3. The van der Waals surface area contributed by atoms with Crippen LogP contribution in [0.2, 0.25) is 0 Å². The quantitative estimate of drug-likeness (QED) is 0.783. The number of piperidine rings is 2. The van der Waals surface area contributed by atoms with Crippen LogP contribution in [0.25, 0.3) is 0 Å². The van der Waals surface area contributed by atoms with Crippen molar-refractivity contribution in [3.05, 3.63) is 33.7 Å². The maximum absolute atomic E-state index is 12.8. The molecule has 1 aromatic rings. The van der Waals surface area contributed by atoms with Gasteiger partial charge in [-0.25, -0.2) is 4.79 Å². The van der Waals surface area contributed by atoms with E-state index in [2.05, 4.69) is 4.90 Å².